The van der Waals surface area contributed by atoms with E-state index in [1.165, 1.54) is 19.3 Å². The molecule has 1 aliphatic carbocycles. The van der Waals surface area contributed by atoms with E-state index >= 15 is 0 Å². The second-order valence-corrected chi connectivity index (χ2v) is 11.5. The second-order valence-electron chi connectivity index (χ2n) is 11.5. The first-order chi connectivity index (χ1) is 17.3. The van der Waals surface area contributed by atoms with Gasteiger partial charge in [-0.2, -0.15) is 4.98 Å². The first-order valence-electron chi connectivity index (χ1n) is 13.2. The van der Waals surface area contributed by atoms with Crippen LogP contribution in [0.25, 0.3) is 11.0 Å². The number of anilines is 3. The first kappa shape index (κ1) is 23.2. The minimum atomic E-state index is -0.0915. The van der Waals surface area contributed by atoms with Crippen molar-refractivity contribution in [3.63, 3.8) is 0 Å². The van der Waals surface area contributed by atoms with Crippen LogP contribution in [0.2, 0.25) is 0 Å². The van der Waals surface area contributed by atoms with Crippen molar-refractivity contribution in [3.05, 3.63) is 36.3 Å². The number of pyridine rings is 1. The minimum Gasteiger partial charge on any atom is -0.368 e. The fourth-order valence-electron chi connectivity index (χ4n) is 6.12. The van der Waals surface area contributed by atoms with Crippen molar-refractivity contribution in [1.29, 1.82) is 0 Å². The van der Waals surface area contributed by atoms with Crippen LogP contribution in [-0.4, -0.2) is 68.6 Å². The van der Waals surface area contributed by atoms with Gasteiger partial charge in [0.1, 0.15) is 17.2 Å². The predicted molar refractivity (Wildman–Crippen MR) is 142 cm³/mol. The van der Waals surface area contributed by atoms with Gasteiger partial charge in [0.25, 0.3) is 5.91 Å². The van der Waals surface area contributed by atoms with Crippen LogP contribution < -0.4 is 15.5 Å². The number of hydrogen-bond acceptors (Lipinski definition) is 7. The molecule has 0 radical (unpaired) electrons. The van der Waals surface area contributed by atoms with Gasteiger partial charge in [0.05, 0.1) is 17.4 Å². The van der Waals surface area contributed by atoms with E-state index in [9.17, 15) is 4.79 Å². The number of carbonyl (C=O) groups excluding carboxylic acids is 1. The molecule has 1 saturated heterocycles. The molecule has 6 rings (SSSR count). The van der Waals surface area contributed by atoms with Crippen molar-refractivity contribution in [2.45, 2.75) is 64.0 Å². The maximum absolute atomic E-state index is 12.7. The summed E-state index contributed by atoms with van der Waals surface area (Å²) in [5.74, 6) is 1.18. The normalized spacial score (nSPS) is 20.4. The molecule has 1 amide bonds. The number of aromatic nitrogens is 4. The highest BCUT2D eigenvalue weighted by Gasteiger charge is 2.41. The minimum absolute atomic E-state index is 0.0284. The molecule has 190 valence electrons. The lowest BCUT2D eigenvalue weighted by Crippen LogP contribution is -2.53. The van der Waals surface area contributed by atoms with Crippen LogP contribution in [-0.2, 0) is 5.54 Å². The third-order valence-electron chi connectivity index (χ3n) is 8.19. The first-order valence-corrected chi connectivity index (χ1v) is 13.2. The van der Waals surface area contributed by atoms with Gasteiger partial charge in [-0.25, -0.2) is 9.97 Å². The molecule has 3 aromatic rings. The Bertz CT molecular complexity index is 1260. The van der Waals surface area contributed by atoms with Crippen molar-refractivity contribution in [1.82, 2.24) is 29.7 Å². The van der Waals surface area contributed by atoms with Crippen molar-refractivity contribution >= 4 is 34.4 Å². The summed E-state index contributed by atoms with van der Waals surface area (Å²) < 4.78 is 2.20. The van der Waals surface area contributed by atoms with E-state index < -0.39 is 0 Å². The van der Waals surface area contributed by atoms with Crippen molar-refractivity contribution in [2.75, 3.05) is 42.9 Å². The third-order valence-corrected chi connectivity index (χ3v) is 8.19. The summed E-state index contributed by atoms with van der Waals surface area (Å²) in [4.78, 5) is 31.6. The Hall–Kier alpha value is -3.20. The quantitative estimate of drug-likeness (QED) is 0.578. The van der Waals surface area contributed by atoms with Crippen molar-refractivity contribution < 1.29 is 4.79 Å². The summed E-state index contributed by atoms with van der Waals surface area (Å²) in [5.41, 5.74) is 2.77. The smallest absolute Gasteiger partial charge is 0.268 e. The number of rotatable bonds is 3. The molecule has 9 heteroatoms. The van der Waals surface area contributed by atoms with Gasteiger partial charge in [0, 0.05) is 49.8 Å². The highest BCUT2D eigenvalue weighted by Crippen LogP contribution is 2.40. The lowest BCUT2D eigenvalue weighted by molar-refractivity contribution is 0.0833. The van der Waals surface area contributed by atoms with E-state index in [1.807, 2.05) is 24.5 Å². The zero-order chi connectivity index (χ0) is 24.9. The third kappa shape index (κ3) is 4.09. The predicted octanol–water partition coefficient (Wildman–Crippen LogP) is 3.89. The Morgan fingerprint density at radius 2 is 1.78 bits per heavy atom. The van der Waals surface area contributed by atoms with E-state index in [4.69, 9.17) is 4.98 Å². The maximum Gasteiger partial charge on any atom is 0.268 e. The molecule has 0 bridgehead atoms. The van der Waals surface area contributed by atoms with Crippen LogP contribution in [0.5, 0.6) is 0 Å². The van der Waals surface area contributed by atoms with Gasteiger partial charge in [-0.3, -0.25) is 9.69 Å². The number of fused-ring (bicyclic) bond motifs is 4. The number of piperazine rings is 1. The molecule has 0 atom stereocenters. The van der Waals surface area contributed by atoms with Crippen LogP contribution >= 0.6 is 0 Å². The topological polar surface area (TPSA) is 91.2 Å². The van der Waals surface area contributed by atoms with Gasteiger partial charge in [-0.05, 0) is 51.8 Å². The molecule has 0 aromatic carbocycles. The molecule has 1 spiro atoms. The highest BCUT2D eigenvalue weighted by molar-refractivity contribution is 5.99. The second kappa shape index (κ2) is 8.73. The van der Waals surface area contributed by atoms with Gasteiger partial charge in [-0.15, -0.1) is 0 Å². The zero-order valence-electron chi connectivity index (χ0n) is 21.5. The average Bonchev–Trinajstić information content (AvgIpc) is 3.28. The molecule has 9 nitrogen and oxygen atoms in total. The van der Waals surface area contributed by atoms with E-state index in [2.05, 4.69) is 61.8 Å². The lowest BCUT2D eigenvalue weighted by atomic mass is 9.80. The van der Waals surface area contributed by atoms with Crippen LogP contribution in [0.1, 0.15) is 63.4 Å². The Morgan fingerprint density at radius 3 is 2.47 bits per heavy atom. The number of nitrogens with zero attached hydrogens (tertiary/aromatic N) is 6. The largest absolute Gasteiger partial charge is 0.368 e. The number of nitrogens with one attached hydrogen (secondary N) is 2. The summed E-state index contributed by atoms with van der Waals surface area (Å²) in [6.45, 7) is 11.6. The van der Waals surface area contributed by atoms with Gasteiger partial charge < -0.3 is 20.1 Å². The molecule has 5 heterocycles. The molecule has 36 heavy (non-hydrogen) atoms. The number of amides is 1. The Morgan fingerprint density at radius 1 is 1.00 bits per heavy atom. The van der Waals surface area contributed by atoms with E-state index in [-0.39, 0.29) is 17.0 Å². The molecule has 2 aliphatic heterocycles. The number of carbonyl (C=O) groups is 1. The monoisotopic (exact) mass is 488 g/mol. The standard InChI is InChI=1S/C27H36N8O/c1-26(2,3)34-13-11-33(12-14-34)20-7-8-22(28-17-20)31-25-29-16-19-15-21-24(36)30-18-27(9-5-4-6-10-27)35(21)23(19)32-25/h7-8,15-17H,4-6,9-14,18H2,1-3H3,(H,30,36)(H,28,29,31,32). The Balaban J connectivity index is 1.22. The molecule has 1 saturated carbocycles. The fourth-order valence-corrected chi connectivity index (χ4v) is 6.12. The summed E-state index contributed by atoms with van der Waals surface area (Å²) in [5, 5.41) is 7.29. The van der Waals surface area contributed by atoms with Crippen LogP contribution in [0.15, 0.2) is 30.6 Å². The van der Waals surface area contributed by atoms with Crippen molar-refractivity contribution in [2.24, 2.45) is 0 Å². The van der Waals surface area contributed by atoms with Crippen LogP contribution in [0, 0.1) is 0 Å². The lowest BCUT2D eigenvalue weighted by Gasteiger charge is -2.43. The van der Waals surface area contributed by atoms with E-state index in [0.717, 1.165) is 55.7 Å². The molecular weight excluding hydrogens is 452 g/mol. The molecule has 2 N–H and O–H groups in total. The summed E-state index contributed by atoms with van der Waals surface area (Å²) in [7, 11) is 0. The van der Waals surface area contributed by atoms with Crippen LogP contribution in [0.4, 0.5) is 17.5 Å². The Kier molecular flexibility index (Phi) is 5.63. The van der Waals surface area contributed by atoms with E-state index in [1.54, 1.807) is 0 Å². The molecule has 2 fully saturated rings. The zero-order valence-corrected chi connectivity index (χ0v) is 21.5. The van der Waals surface area contributed by atoms with Crippen molar-refractivity contribution in [3.8, 4) is 0 Å². The molecule has 0 unspecified atom stereocenters. The summed E-state index contributed by atoms with van der Waals surface area (Å²) >= 11 is 0. The summed E-state index contributed by atoms with van der Waals surface area (Å²) in [6, 6.07) is 6.03. The fraction of sp³-hybridized carbons (Fsp3) is 0.556. The Labute approximate surface area is 212 Å². The summed E-state index contributed by atoms with van der Waals surface area (Å²) in [6.07, 6.45) is 9.45. The molecule has 3 aromatic heterocycles. The van der Waals surface area contributed by atoms with E-state index in [0.29, 0.717) is 24.0 Å². The SMILES string of the molecule is CC(C)(C)N1CCN(c2ccc(Nc3ncc4cc5n(c4n3)C3(CCCCC3)CNC5=O)nc2)CC1. The molecular formula is C27H36N8O. The van der Waals surface area contributed by atoms with Gasteiger partial charge in [0.2, 0.25) is 5.95 Å². The maximum atomic E-state index is 12.7. The average molecular weight is 489 g/mol. The molecule has 3 aliphatic rings. The van der Waals surface area contributed by atoms with Gasteiger partial charge in [0.15, 0.2) is 0 Å². The number of hydrogen-bond donors (Lipinski definition) is 2. The van der Waals surface area contributed by atoms with Crippen LogP contribution in [0.3, 0.4) is 0 Å². The van der Waals surface area contributed by atoms with Gasteiger partial charge in [-0.1, -0.05) is 19.3 Å². The van der Waals surface area contributed by atoms with Gasteiger partial charge >= 0.3 is 0 Å². The highest BCUT2D eigenvalue weighted by atomic mass is 16.2.